The van der Waals surface area contributed by atoms with E-state index in [0.29, 0.717) is 5.69 Å². The van der Waals surface area contributed by atoms with E-state index in [9.17, 15) is 14.4 Å². The van der Waals surface area contributed by atoms with Crippen LogP contribution < -0.4 is 10.6 Å². The first-order valence-electron chi connectivity index (χ1n) is 10.1. The maximum Gasteiger partial charge on any atom is 0.329 e. The molecule has 0 saturated carbocycles. The van der Waals surface area contributed by atoms with Gasteiger partial charge in [0, 0.05) is 23.3 Å². The molecule has 0 spiro atoms. The van der Waals surface area contributed by atoms with E-state index in [0.717, 1.165) is 33.2 Å². The highest BCUT2D eigenvalue weighted by Crippen LogP contribution is 2.23. The molecule has 4 amide bonds. The van der Waals surface area contributed by atoms with E-state index in [1.165, 1.54) is 0 Å². The molecule has 8 nitrogen and oxygen atoms in total. The lowest BCUT2D eigenvalue weighted by Crippen LogP contribution is -2.38. The highest BCUT2D eigenvalue weighted by atomic mass is 16.2. The molecule has 1 aliphatic heterocycles. The van der Waals surface area contributed by atoms with Gasteiger partial charge in [-0.15, -0.1) is 0 Å². The van der Waals surface area contributed by atoms with Crippen LogP contribution in [0.1, 0.15) is 22.5 Å². The number of anilines is 1. The zero-order valence-electron chi connectivity index (χ0n) is 18.0. The molecule has 32 heavy (non-hydrogen) atoms. The molecule has 162 valence electrons. The van der Waals surface area contributed by atoms with Gasteiger partial charge in [-0.1, -0.05) is 18.2 Å². The van der Waals surface area contributed by atoms with Crippen molar-refractivity contribution in [2.24, 2.45) is 0 Å². The summed E-state index contributed by atoms with van der Waals surface area (Å²) in [5, 5.41) is 5.28. The van der Waals surface area contributed by atoms with Crippen LogP contribution in [0.5, 0.6) is 0 Å². The summed E-state index contributed by atoms with van der Waals surface area (Å²) in [5.74, 6) is -0.228. The van der Waals surface area contributed by atoms with Crippen LogP contribution in [-0.2, 0) is 9.59 Å². The van der Waals surface area contributed by atoms with Crippen molar-refractivity contribution in [2.75, 3.05) is 11.9 Å². The van der Waals surface area contributed by atoms with Gasteiger partial charge >= 0.3 is 6.03 Å². The lowest BCUT2D eigenvalue weighted by molar-refractivity contribution is -0.127. The number of benzene rings is 1. The Balaban J connectivity index is 1.52. The summed E-state index contributed by atoms with van der Waals surface area (Å²) in [5.41, 5.74) is 4.33. The zero-order chi connectivity index (χ0) is 22.8. The van der Waals surface area contributed by atoms with Gasteiger partial charge in [0.15, 0.2) is 0 Å². The number of aryl methyl sites for hydroxylation is 2. The zero-order valence-corrected chi connectivity index (χ0v) is 18.0. The van der Waals surface area contributed by atoms with Crippen molar-refractivity contribution >= 4 is 29.6 Å². The summed E-state index contributed by atoms with van der Waals surface area (Å²) in [6.45, 7) is 5.40. The highest BCUT2D eigenvalue weighted by molar-refractivity contribution is 6.16. The number of hydrogen-bond acceptors (Lipinski definition) is 4. The average Bonchev–Trinajstić information content (AvgIpc) is 3.18. The van der Waals surface area contributed by atoms with Gasteiger partial charge in [0.1, 0.15) is 18.1 Å². The van der Waals surface area contributed by atoms with E-state index in [4.69, 9.17) is 0 Å². The Hall–Kier alpha value is -4.20. The van der Waals surface area contributed by atoms with Crippen molar-refractivity contribution in [1.82, 2.24) is 19.8 Å². The molecule has 0 bridgehead atoms. The van der Waals surface area contributed by atoms with Crippen LogP contribution in [-0.4, -0.2) is 38.8 Å². The topological polar surface area (TPSA) is 96.3 Å². The van der Waals surface area contributed by atoms with Crippen LogP contribution >= 0.6 is 0 Å². The van der Waals surface area contributed by atoms with Gasteiger partial charge in [-0.2, -0.15) is 0 Å². The molecule has 3 heterocycles. The lowest BCUT2D eigenvalue weighted by atomic mass is 10.2. The standard InChI is InChI=1S/C24H23N5O3/c1-15-7-6-8-19(11-15)26-22(30)14-28-23(31)20(27-24(28)32)13-18-12-16(2)29(17(18)3)21-9-4-5-10-25-21/h4-13H,14H2,1-3H3,(H,26,30)(H,27,32)/b20-13+. The predicted molar refractivity (Wildman–Crippen MR) is 121 cm³/mol. The van der Waals surface area contributed by atoms with Crippen LogP contribution in [0.15, 0.2) is 60.4 Å². The third-order valence-electron chi connectivity index (χ3n) is 5.21. The number of carbonyl (C=O) groups is 3. The molecular formula is C24H23N5O3. The van der Waals surface area contributed by atoms with E-state index < -0.39 is 17.8 Å². The van der Waals surface area contributed by atoms with E-state index in [1.807, 2.05) is 67.8 Å². The van der Waals surface area contributed by atoms with Crippen LogP contribution in [0.3, 0.4) is 0 Å². The number of aromatic nitrogens is 2. The Kier molecular flexibility index (Phi) is 5.59. The molecule has 3 aromatic rings. The van der Waals surface area contributed by atoms with Crippen molar-refractivity contribution < 1.29 is 14.4 Å². The Morgan fingerprint density at radius 1 is 1.09 bits per heavy atom. The number of hydrogen-bond donors (Lipinski definition) is 2. The maximum absolute atomic E-state index is 12.8. The minimum atomic E-state index is -0.626. The van der Waals surface area contributed by atoms with Crippen molar-refractivity contribution in [3.05, 3.63) is 82.9 Å². The van der Waals surface area contributed by atoms with E-state index >= 15 is 0 Å². The molecule has 8 heteroatoms. The molecule has 0 atom stereocenters. The van der Waals surface area contributed by atoms with Crippen molar-refractivity contribution in [3.8, 4) is 5.82 Å². The lowest BCUT2D eigenvalue weighted by Gasteiger charge is -2.12. The molecule has 1 aliphatic rings. The normalized spacial score (nSPS) is 14.7. The van der Waals surface area contributed by atoms with Crippen LogP contribution in [0.2, 0.25) is 0 Å². The Labute approximate surface area is 185 Å². The minimum absolute atomic E-state index is 0.125. The average molecular weight is 429 g/mol. The number of nitrogens with zero attached hydrogens (tertiary/aromatic N) is 3. The summed E-state index contributed by atoms with van der Waals surface area (Å²) in [4.78, 5) is 42.8. The van der Waals surface area contributed by atoms with E-state index in [2.05, 4.69) is 15.6 Å². The second kappa shape index (κ2) is 8.50. The van der Waals surface area contributed by atoms with E-state index in [1.54, 1.807) is 18.3 Å². The molecule has 0 unspecified atom stereocenters. The summed E-state index contributed by atoms with van der Waals surface area (Å²) < 4.78 is 1.97. The predicted octanol–water partition coefficient (Wildman–Crippen LogP) is 3.33. The van der Waals surface area contributed by atoms with Crippen LogP contribution in [0, 0.1) is 20.8 Å². The molecular weight excluding hydrogens is 406 g/mol. The maximum atomic E-state index is 12.8. The Morgan fingerprint density at radius 3 is 2.62 bits per heavy atom. The number of rotatable bonds is 5. The summed E-state index contributed by atoms with van der Waals surface area (Å²) in [6.07, 6.45) is 3.34. The molecule has 1 saturated heterocycles. The van der Waals surface area contributed by atoms with Gasteiger partial charge in [-0.3, -0.25) is 9.59 Å². The van der Waals surface area contributed by atoms with Crippen LogP contribution in [0.4, 0.5) is 10.5 Å². The number of urea groups is 1. The van der Waals surface area contributed by atoms with Gasteiger partial charge in [0.25, 0.3) is 5.91 Å². The van der Waals surface area contributed by atoms with Gasteiger partial charge in [-0.25, -0.2) is 14.7 Å². The molecule has 0 aliphatic carbocycles. The van der Waals surface area contributed by atoms with Crippen molar-refractivity contribution in [2.45, 2.75) is 20.8 Å². The largest absolute Gasteiger partial charge is 0.329 e. The number of imide groups is 1. The third kappa shape index (κ3) is 4.15. The number of carbonyl (C=O) groups excluding carboxylic acids is 3. The van der Waals surface area contributed by atoms with Gasteiger partial charge < -0.3 is 15.2 Å². The molecule has 1 fully saturated rings. The number of nitrogens with one attached hydrogen (secondary N) is 2. The fourth-order valence-electron chi connectivity index (χ4n) is 3.71. The summed E-state index contributed by atoms with van der Waals surface area (Å²) in [6, 6.07) is 14.2. The monoisotopic (exact) mass is 429 g/mol. The SMILES string of the molecule is Cc1cccc(NC(=O)CN2C(=O)N/C(=C/c3cc(C)n(-c4ccccn4)c3C)C2=O)c1. The third-order valence-corrected chi connectivity index (χ3v) is 5.21. The van der Waals surface area contributed by atoms with Crippen molar-refractivity contribution in [1.29, 1.82) is 0 Å². The van der Waals surface area contributed by atoms with Crippen LogP contribution in [0.25, 0.3) is 11.9 Å². The Bertz CT molecular complexity index is 1240. The first-order chi connectivity index (χ1) is 15.3. The van der Waals surface area contributed by atoms with Gasteiger partial charge in [0.05, 0.1) is 0 Å². The first kappa shape index (κ1) is 21.0. The number of pyridine rings is 1. The second-order valence-electron chi connectivity index (χ2n) is 7.65. The van der Waals surface area contributed by atoms with Gasteiger partial charge in [0.2, 0.25) is 5.91 Å². The van der Waals surface area contributed by atoms with E-state index in [-0.39, 0.29) is 12.2 Å². The second-order valence-corrected chi connectivity index (χ2v) is 7.65. The van der Waals surface area contributed by atoms with Gasteiger partial charge in [-0.05, 0) is 68.3 Å². The summed E-state index contributed by atoms with van der Waals surface area (Å²) in [7, 11) is 0. The minimum Gasteiger partial charge on any atom is -0.325 e. The fourth-order valence-corrected chi connectivity index (χ4v) is 3.71. The molecule has 1 aromatic carbocycles. The first-order valence-corrected chi connectivity index (χ1v) is 10.1. The molecule has 2 aromatic heterocycles. The molecule has 0 radical (unpaired) electrons. The molecule has 2 N–H and O–H groups in total. The fraction of sp³-hybridized carbons (Fsp3) is 0.167. The Morgan fingerprint density at radius 2 is 1.91 bits per heavy atom. The highest BCUT2D eigenvalue weighted by Gasteiger charge is 2.35. The quantitative estimate of drug-likeness (QED) is 0.480. The van der Waals surface area contributed by atoms with Crippen molar-refractivity contribution in [3.63, 3.8) is 0 Å². The number of amides is 4. The summed E-state index contributed by atoms with van der Waals surface area (Å²) >= 11 is 0. The smallest absolute Gasteiger partial charge is 0.325 e. The molecule has 4 rings (SSSR count).